The number of aromatic nitrogens is 4. The molecule has 0 amide bonds. The third kappa shape index (κ3) is 4.19. The second kappa shape index (κ2) is 9.91. The van der Waals surface area contributed by atoms with Crippen molar-refractivity contribution in [3.63, 3.8) is 0 Å². The van der Waals surface area contributed by atoms with Gasteiger partial charge in [-0.25, -0.2) is 15.0 Å². The number of hydrogen-bond acceptors (Lipinski definition) is 5. The summed E-state index contributed by atoms with van der Waals surface area (Å²) in [4.78, 5) is 19.3. The van der Waals surface area contributed by atoms with Crippen LogP contribution in [0.15, 0.2) is 132 Å². The minimum absolute atomic E-state index is 0.490. The van der Waals surface area contributed by atoms with E-state index in [-0.39, 0.29) is 0 Å². The van der Waals surface area contributed by atoms with Crippen LogP contribution in [-0.2, 0) is 0 Å². The van der Waals surface area contributed by atoms with Crippen molar-refractivity contribution in [3.05, 3.63) is 133 Å². The summed E-state index contributed by atoms with van der Waals surface area (Å²) in [7, 11) is 0. The van der Waals surface area contributed by atoms with Gasteiger partial charge in [0.15, 0.2) is 17.5 Å². The fourth-order valence-electron chi connectivity index (χ4n) is 5.43. The van der Waals surface area contributed by atoms with Gasteiger partial charge < -0.3 is 4.42 Å². The van der Waals surface area contributed by atoms with Gasteiger partial charge in [-0.1, -0.05) is 72.3 Å². The fraction of sp³-hybridized carbons (Fsp3) is 0. The topological polar surface area (TPSA) is 64.7 Å². The molecule has 0 unspecified atom stereocenters. The lowest BCUT2D eigenvalue weighted by Gasteiger charge is -2.10. The zero-order chi connectivity index (χ0) is 28.0. The van der Waals surface area contributed by atoms with Crippen LogP contribution in [0.1, 0.15) is 0 Å². The average Bonchev–Trinajstić information content (AvgIpc) is 3.42. The monoisotopic (exact) mass is 560 g/mol. The van der Waals surface area contributed by atoms with Crippen molar-refractivity contribution in [2.75, 3.05) is 0 Å². The van der Waals surface area contributed by atoms with E-state index in [0.29, 0.717) is 28.2 Å². The first-order valence-electron chi connectivity index (χ1n) is 13.6. The summed E-state index contributed by atoms with van der Waals surface area (Å²) in [5.74, 6) is 1.57. The largest absolute Gasteiger partial charge is 0.455 e. The molecule has 42 heavy (non-hydrogen) atoms. The molecule has 0 saturated carbocycles. The van der Waals surface area contributed by atoms with Crippen LogP contribution in [-0.4, -0.2) is 19.9 Å². The van der Waals surface area contributed by atoms with Crippen LogP contribution in [0.5, 0.6) is 0 Å². The summed E-state index contributed by atoms with van der Waals surface area (Å²) < 4.78 is 6.65. The van der Waals surface area contributed by atoms with Crippen molar-refractivity contribution >= 4 is 44.3 Å². The Hall–Kier alpha value is -5.39. The molecule has 3 aromatic heterocycles. The van der Waals surface area contributed by atoms with E-state index in [1.54, 1.807) is 6.20 Å². The first kappa shape index (κ1) is 24.4. The molecule has 0 N–H and O–H groups in total. The van der Waals surface area contributed by atoms with Gasteiger partial charge in [-0.2, -0.15) is 0 Å². The molecule has 8 rings (SSSR count). The molecule has 3 heterocycles. The molecule has 0 spiro atoms. The Labute approximate surface area is 246 Å². The molecule has 5 nitrogen and oxygen atoms in total. The van der Waals surface area contributed by atoms with Gasteiger partial charge in [0.05, 0.1) is 0 Å². The summed E-state index contributed by atoms with van der Waals surface area (Å²) in [5.41, 5.74) is 6.03. The molecular weight excluding hydrogens is 540 g/mol. The molecule has 0 aliphatic heterocycles. The Morgan fingerprint density at radius 3 is 2.02 bits per heavy atom. The van der Waals surface area contributed by atoms with E-state index in [1.165, 1.54) is 0 Å². The van der Waals surface area contributed by atoms with Crippen LogP contribution < -0.4 is 0 Å². The maximum Gasteiger partial charge on any atom is 0.182 e. The van der Waals surface area contributed by atoms with E-state index in [4.69, 9.17) is 31.0 Å². The molecule has 198 valence electrons. The van der Waals surface area contributed by atoms with E-state index < -0.39 is 0 Å². The van der Waals surface area contributed by atoms with Crippen LogP contribution in [0.4, 0.5) is 0 Å². The standard InChI is InChI=1S/C36H21ClN4O/c37-26-15-13-23(14-16-26)34-39-35(41-36(40-34)30-12-6-7-19-38-30)28-18-17-27(22-8-2-1-3-9-22)33-32(28)29-20-24-10-4-5-11-25(24)21-31(29)42-33/h1-21H. The molecule has 5 aromatic carbocycles. The van der Waals surface area contributed by atoms with Gasteiger partial charge in [0.25, 0.3) is 0 Å². The van der Waals surface area contributed by atoms with Crippen LogP contribution in [0.3, 0.4) is 0 Å². The number of nitrogens with zero attached hydrogens (tertiary/aromatic N) is 4. The molecule has 0 atom stereocenters. The number of rotatable bonds is 4. The summed E-state index contributed by atoms with van der Waals surface area (Å²) >= 11 is 6.20. The molecule has 0 bridgehead atoms. The van der Waals surface area contributed by atoms with Crippen molar-refractivity contribution in [2.45, 2.75) is 0 Å². The van der Waals surface area contributed by atoms with Gasteiger partial charge >= 0.3 is 0 Å². The molecule has 6 heteroatoms. The van der Waals surface area contributed by atoms with Crippen molar-refractivity contribution in [2.24, 2.45) is 0 Å². The molecule has 0 radical (unpaired) electrons. The Morgan fingerprint density at radius 1 is 0.548 bits per heavy atom. The second-order valence-corrected chi connectivity index (χ2v) is 10.5. The Balaban J connectivity index is 1.45. The Bertz CT molecular complexity index is 2250. The third-order valence-corrected chi connectivity index (χ3v) is 7.70. The first-order chi connectivity index (χ1) is 20.7. The molecule has 0 saturated heterocycles. The van der Waals surface area contributed by atoms with Crippen LogP contribution in [0.25, 0.3) is 78.1 Å². The highest BCUT2D eigenvalue weighted by molar-refractivity contribution is 6.30. The maximum atomic E-state index is 6.65. The van der Waals surface area contributed by atoms with Crippen molar-refractivity contribution < 1.29 is 4.42 Å². The smallest absolute Gasteiger partial charge is 0.182 e. The lowest BCUT2D eigenvalue weighted by atomic mass is 9.97. The minimum atomic E-state index is 0.490. The fourth-order valence-corrected chi connectivity index (χ4v) is 5.56. The first-order valence-corrected chi connectivity index (χ1v) is 14.0. The van der Waals surface area contributed by atoms with E-state index >= 15 is 0 Å². The van der Waals surface area contributed by atoms with Crippen molar-refractivity contribution in [1.82, 2.24) is 19.9 Å². The summed E-state index contributed by atoms with van der Waals surface area (Å²) in [6.07, 6.45) is 1.74. The quantitative estimate of drug-likeness (QED) is 0.214. The lowest BCUT2D eigenvalue weighted by molar-refractivity contribution is 0.670. The normalized spacial score (nSPS) is 11.5. The maximum absolute atomic E-state index is 6.65. The summed E-state index contributed by atoms with van der Waals surface area (Å²) in [5, 5.41) is 4.86. The predicted molar refractivity (Wildman–Crippen MR) is 169 cm³/mol. The van der Waals surface area contributed by atoms with Gasteiger partial charge in [0.1, 0.15) is 16.9 Å². The van der Waals surface area contributed by atoms with Crippen molar-refractivity contribution in [3.8, 4) is 45.4 Å². The number of furan rings is 1. The minimum Gasteiger partial charge on any atom is -0.455 e. The van der Waals surface area contributed by atoms with E-state index in [9.17, 15) is 0 Å². The van der Waals surface area contributed by atoms with Crippen LogP contribution >= 0.6 is 11.6 Å². The van der Waals surface area contributed by atoms with Gasteiger partial charge in [0.2, 0.25) is 0 Å². The second-order valence-electron chi connectivity index (χ2n) is 10.1. The van der Waals surface area contributed by atoms with Gasteiger partial charge in [-0.3, -0.25) is 4.98 Å². The number of benzene rings is 5. The summed E-state index contributed by atoms with van der Waals surface area (Å²) in [6.45, 7) is 0. The number of hydrogen-bond donors (Lipinski definition) is 0. The van der Waals surface area contributed by atoms with E-state index in [1.807, 2.05) is 66.7 Å². The van der Waals surface area contributed by atoms with Gasteiger partial charge in [-0.15, -0.1) is 0 Å². The highest BCUT2D eigenvalue weighted by Gasteiger charge is 2.21. The molecule has 0 fully saturated rings. The Kier molecular flexibility index (Phi) is 5.76. The third-order valence-electron chi connectivity index (χ3n) is 7.44. The number of halogens is 1. The average molecular weight is 561 g/mol. The molecule has 0 aliphatic carbocycles. The van der Waals surface area contributed by atoms with Crippen LogP contribution in [0, 0.1) is 0 Å². The van der Waals surface area contributed by atoms with Crippen molar-refractivity contribution in [1.29, 1.82) is 0 Å². The highest BCUT2D eigenvalue weighted by atomic mass is 35.5. The van der Waals surface area contributed by atoms with Gasteiger partial charge in [-0.05, 0) is 77.0 Å². The van der Waals surface area contributed by atoms with E-state index in [2.05, 4.69) is 59.6 Å². The Morgan fingerprint density at radius 2 is 1.24 bits per heavy atom. The summed E-state index contributed by atoms with van der Waals surface area (Å²) in [6, 6.07) is 40.3. The number of fused-ring (bicyclic) bond motifs is 4. The molecule has 8 aromatic rings. The number of pyridine rings is 1. The zero-order valence-electron chi connectivity index (χ0n) is 22.2. The van der Waals surface area contributed by atoms with Crippen LogP contribution in [0.2, 0.25) is 5.02 Å². The lowest BCUT2D eigenvalue weighted by Crippen LogP contribution is -2.01. The van der Waals surface area contributed by atoms with E-state index in [0.717, 1.165) is 55.0 Å². The highest BCUT2D eigenvalue weighted by Crippen LogP contribution is 2.42. The molecular formula is C36H21ClN4O. The predicted octanol–water partition coefficient (Wildman–Crippen LogP) is 9.64. The zero-order valence-corrected chi connectivity index (χ0v) is 23.0. The molecule has 0 aliphatic rings. The SMILES string of the molecule is Clc1ccc(-c2nc(-c3ccccn3)nc(-c3ccc(-c4ccccc4)c4oc5cc6ccccc6cc5c34)n2)cc1. The van der Waals surface area contributed by atoms with Gasteiger partial charge in [0, 0.05) is 38.7 Å².